The predicted molar refractivity (Wildman–Crippen MR) is 83.4 cm³/mol. The average molecular weight is 328 g/mol. The summed E-state index contributed by atoms with van der Waals surface area (Å²) in [5.41, 5.74) is 0.681. The topological polar surface area (TPSA) is 54.9 Å². The number of aromatic nitrogens is 2. The van der Waals surface area contributed by atoms with Crippen LogP contribution in [0.25, 0.3) is 6.08 Å². The molecule has 0 fully saturated rings. The van der Waals surface area contributed by atoms with Gasteiger partial charge in [-0.25, -0.2) is 0 Å². The fourth-order valence-corrected chi connectivity index (χ4v) is 2.46. The van der Waals surface area contributed by atoms with Gasteiger partial charge < -0.3 is 0 Å². The molecular weight excluding hydrogens is 317 g/mol. The third-order valence-corrected chi connectivity index (χ3v) is 4.21. The zero-order valence-corrected chi connectivity index (χ0v) is 12.9. The number of hydrogen-bond donors (Lipinski definition) is 1. The highest BCUT2D eigenvalue weighted by Gasteiger charge is 2.05. The van der Waals surface area contributed by atoms with Gasteiger partial charge in [0.1, 0.15) is 5.01 Å². The summed E-state index contributed by atoms with van der Waals surface area (Å²) in [4.78, 5) is 11.7. The molecule has 0 aliphatic heterocycles. The first-order valence-corrected chi connectivity index (χ1v) is 7.43. The number of carbonyl (C=O) groups excluding carboxylic acids is 1. The molecule has 7 heteroatoms. The lowest BCUT2D eigenvalue weighted by Crippen LogP contribution is -2.07. The maximum atomic E-state index is 11.7. The molecule has 104 valence electrons. The lowest BCUT2D eigenvalue weighted by atomic mass is 10.2. The van der Waals surface area contributed by atoms with E-state index in [2.05, 4.69) is 15.5 Å². The van der Waals surface area contributed by atoms with Crippen LogP contribution in [-0.2, 0) is 11.2 Å². The molecule has 1 amide bonds. The minimum absolute atomic E-state index is 0.292. The summed E-state index contributed by atoms with van der Waals surface area (Å²) >= 11 is 13.3. The van der Waals surface area contributed by atoms with Gasteiger partial charge in [-0.2, -0.15) is 0 Å². The highest BCUT2D eigenvalue weighted by molar-refractivity contribution is 7.15. The normalized spacial score (nSPS) is 10.9. The van der Waals surface area contributed by atoms with E-state index < -0.39 is 0 Å². The van der Waals surface area contributed by atoms with E-state index in [1.807, 2.05) is 6.92 Å². The second-order valence-corrected chi connectivity index (χ2v) is 5.67. The molecule has 1 aromatic heterocycles. The number of aryl methyl sites for hydroxylation is 1. The molecule has 2 aromatic rings. The van der Waals surface area contributed by atoms with E-state index in [0.717, 1.165) is 11.4 Å². The van der Waals surface area contributed by atoms with Crippen LogP contribution in [0.4, 0.5) is 5.13 Å². The van der Waals surface area contributed by atoms with E-state index in [1.165, 1.54) is 17.4 Å². The predicted octanol–water partition coefficient (Wildman–Crippen LogP) is 4.06. The standard InChI is InChI=1S/C13H11Cl2N3OS/c1-2-11-17-18-13(20-11)16-10(19)7-6-8-4-3-5-9(14)12(8)15/h3-7H,2H2,1H3,(H,16,18,19). The second-order valence-electron chi connectivity index (χ2n) is 3.82. The number of halogens is 2. The van der Waals surface area contributed by atoms with Crippen molar-refractivity contribution in [2.75, 3.05) is 5.32 Å². The number of carbonyl (C=O) groups is 1. The first-order valence-electron chi connectivity index (χ1n) is 5.85. The molecule has 4 nitrogen and oxygen atoms in total. The van der Waals surface area contributed by atoms with Crippen molar-refractivity contribution < 1.29 is 4.79 Å². The van der Waals surface area contributed by atoms with Crippen LogP contribution in [0.3, 0.4) is 0 Å². The van der Waals surface area contributed by atoms with Crippen LogP contribution < -0.4 is 5.32 Å². The van der Waals surface area contributed by atoms with E-state index in [1.54, 1.807) is 24.3 Å². The van der Waals surface area contributed by atoms with Crippen molar-refractivity contribution in [1.82, 2.24) is 10.2 Å². The Bertz CT molecular complexity index is 655. The molecule has 0 aliphatic carbocycles. The molecule has 0 saturated carbocycles. The van der Waals surface area contributed by atoms with Gasteiger partial charge in [-0.1, -0.05) is 53.6 Å². The third-order valence-electron chi connectivity index (χ3n) is 2.40. The Kier molecular flexibility index (Phi) is 5.11. The maximum Gasteiger partial charge on any atom is 0.250 e. The van der Waals surface area contributed by atoms with Crippen LogP contribution in [-0.4, -0.2) is 16.1 Å². The number of nitrogens with zero attached hydrogens (tertiary/aromatic N) is 2. The molecule has 1 N–H and O–H groups in total. The summed E-state index contributed by atoms with van der Waals surface area (Å²) in [6, 6.07) is 5.23. The van der Waals surface area contributed by atoms with E-state index in [0.29, 0.717) is 20.7 Å². The van der Waals surface area contributed by atoms with Crippen molar-refractivity contribution in [3.05, 3.63) is 44.9 Å². The zero-order valence-electron chi connectivity index (χ0n) is 10.6. The number of rotatable bonds is 4. The molecular formula is C13H11Cl2N3OS. The third kappa shape index (κ3) is 3.79. The maximum absolute atomic E-state index is 11.7. The quantitative estimate of drug-likeness (QED) is 0.861. The minimum Gasteiger partial charge on any atom is -0.297 e. The number of amides is 1. The van der Waals surface area contributed by atoms with Crippen LogP contribution >= 0.6 is 34.5 Å². The summed E-state index contributed by atoms with van der Waals surface area (Å²) in [5, 5.41) is 12.7. The molecule has 0 radical (unpaired) electrons. The molecule has 2 rings (SSSR count). The fraction of sp³-hybridized carbons (Fsp3) is 0.154. The Morgan fingerprint density at radius 1 is 1.40 bits per heavy atom. The first kappa shape index (κ1) is 15.0. The van der Waals surface area contributed by atoms with Gasteiger partial charge in [-0.05, 0) is 24.1 Å². The summed E-state index contributed by atoms with van der Waals surface area (Å²) in [5.74, 6) is -0.292. The molecule has 0 aliphatic rings. The van der Waals surface area contributed by atoms with Gasteiger partial charge >= 0.3 is 0 Å². The highest BCUT2D eigenvalue weighted by atomic mass is 35.5. The molecule has 0 atom stereocenters. The second kappa shape index (κ2) is 6.83. The lowest BCUT2D eigenvalue weighted by Gasteiger charge is -2.00. The van der Waals surface area contributed by atoms with Gasteiger partial charge in [0.15, 0.2) is 0 Å². The minimum atomic E-state index is -0.292. The molecule has 0 saturated heterocycles. The van der Waals surface area contributed by atoms with Gasteiger partial charge in [0, 0.05) is 6.08 Å². The largest absolute Gasteiger partial charge is 0.297 e. The van der Waals surface area contributed by atoms with E-state index >= 15 is 0 Å². The summed E-state index contributed by atoms with van der Waals surface area (Å²) in [6.45, 7) is 1.98. The van der Waals surface area contributed by atoms with Gasteiger partial charge in [0.05, 0.1) is 10.0 Å². The molecule has 1 aromatic carbocycles. The van der Waals surface area contributed by atoms with E-state index in [4.69, 9.17) is 23.2 Å². The van der Waals surface area contributed by atoms with Gasteiger partial charge in [0.25, 0.3) is 0 Å². The van der Waals surface area contributed by atoms with Crippen LogP contribution in [0.15, 0.2) is 24.3 Å². The van der Waals surface area contributed by atoms with Gasteiger partial charge in [-0.15, -0.1) is 10.2 Å². The average Bonchev–Trinajstić information content (AvgIpc) is 2.88. The highest BCUT2D eigenvalue weighted by Crippen LogP contribution is 2.26. The van der Waals surface area contributed by atoms with Crippen molar-refractivity contribution in [2.45, 2.75) is 13.3 Å². The lowest BCUT2D eigenvalue weighted by molar-refractivity contribution is -0.111. The van der Waals surface area contributed by atoms with Crippen LogP contribution in [0, 0.1) is 0 Å². The van der Waals surface area contributed by atoms with Crippen molar-refractivity contribution in [3.8, 4) is 0 Å². The smallest absolute Gasteiger partial charge is 0.250 e. The Labute approximate surface area is 130 Å². The van der Waals surface area contributed by atoms with Crippen molar-refractivity contribution >= 4 is 51.7 Å². The molecule has 0 unspecified atom stereocenters. The number of anilines is 1. The van der Waals surface area contributed by atoms with E-state index in [-0.39, 0.29) is 5.91 Å². The monoisotopic (exact) mass is 327 g/mol. The van der Waals surface area contributed by atoms with Crippen LogP contribution in [0.2, 0.25) is 10.0 Å². The van der Waals surface area contributed by atoms with E-state index in [9.17, 15) is 4.79 Å². The van der Waals surface area contributed by atoms with Crippen LogP contribution in [0.1, 0.15) is 17.5 Å². The number of hydrogen-bond acceptors (Lipinski definition) is 4. The van der Waals surface area contributed by atoms with Crippen molar-refractivity contribution in [2.24, 2.45) is 0 Å². The molecule has 20 heavy (non-hydrogen) atoms. The first-order chi connectivity index (χ1) is 9.60. The SMILES string of the molecule is CCc1nnc(NC(=O)C=Cc2cccc(Cl)c2Cl)s1. The molecule has 0 bridgehead atoms. The zero-order chi connectivity index (χ0) is 14.5. The fourth-order valence-electron chi connectivity index (χ4n) is 1.41. The Hall–Kier alpha value is -1.43. The van der Waals surface area contributed by atoms with Crippen molar-refractivity contribution in [1.29, 1.82) is 0 Å². The summed E-state index contributed by atoms with van der Waals surface area (Å²) in [7, 11) is 0. The summed E-state index contributed by atoms with van der Waals surface area (Å²) in [6.07, 6.45) is 3.78. The van der Waals surface area contributed by atoms with Gasteiger partial charge in [0.2, 0.25) is 11.0 Å². The molecule has 0 spiro atoms. The Morgan fingerprint density at radius 3 is 2.90 bits per heavy atom. The van der Waals surface area contributed by atoms with Crippen molar-refractivity contribution in [3.63, 3.8) is 0 Å². The Balaban J connectivity index is 2.04. The Morgan fingerprint density at radius 2 is 2.20 bits per heavy atom. The number of nitrogens with one attached hydrogen (secondary N) is 1. The van der Waals surface area contributed by atoms with Gasteiger partial charge in [-0.3, -0.25) is 10.1 Å². The summed E-state index contributed by atoms with van der Waals surface area (Å²) < 4.78 is 0. The molecule has 1 heterocycles. The van der Waals surface area contributed by atoms with Crippen LogP contribution in [0.5, 0.6) is 0 Å². The number of benzene rings is 1.